The van der Waals surface area contributed by atoms with Crippen molar-refractivity contribution in [1.82, 2.24) is 0 Å². The van der Waals surface area contributed by atoms with E-state index in [-0.39, 0.29) is 0 Å². The van der Waals surface area contributed by atoms with Crippen LogP contribution >= 0.6 is 0 Å². The lowest BCUT2D eigenvalue weighted by Crippen LogP contribution is -2.36. The Kier molecular flexibility index (Phi) is 9.55. The highest BCUT2D eigenvalue weighted by atomic mass is 16.5. The Balaban J connectivity index is 0.000000581. The molecule has 1 aliphatic heterocycles. The van der Waals surface area contributed by atoms with Crippen LogP contribution in [0.2, 0.25) is 0 Å². The molecule has 0 radical (unpaired) electrons. The average Bonchev–Trinajstić information content (AvgIpc) is 2.45. The Hall–Kier alpha value is -1.02. The van der Waals surface area contributed by atoms with Crippen molar-refractivity contribution in [3.63, 3.8) is 0 Å². The van der Waals surface area contributed by atoms with Crippen molar-refractivity contribution >= 4 is 5.69 Å². The van der Waals surface area contributed by atoms with E-state index in [2.05, 4.69) is 36.1 Å². The summed E-state index contributed by atoms with van der Waals surface area (Å²) in [7, 11) is 0. The van der Waals surface area contributed by atoms with Crippen LogP contribution in [0.1, 0.15) is 33.3 Å². The second kappa shape index (κ2) is 10.2. The number of hydrogen-bond acceptors (Lipinski definition) is 2. The molecule has 1 aliphatic rings. The highest BCUT2D eigenvalue weighted by Gasteiger charge is 2.09. The van der Waals surface area contributed by atoms with Gasteiger partial charge in [0.05, 0.1) is 13.2 Å². The summed E-state index contributed by atoms with van der Waals surface area (Å²) in [6.07, 6.45) is 0. The van der Waals surface area contributed by atoms with Crippen molar-refractivity contribution in [2.24, 2.45) is 0 Å². The molecule has 0 aliphatic carbocycles. The molecule has 1 aromatic carbocycles. The number of rotatable bonds is 1. The predicted octanol–water partition coefficient (Wildman–Crippen LogP) is 3.88. The van der Waals surface area contributed by atoms with E-state index in [0.717, 1.165) is 26.3 Å². The Labute approximate surface area is 107 Å². The van der Waals surface area contributed by atoms with Gasteiger partial charge in [-0.2, -0.15) is 0 Å². The van der Waals surface area contributed by atoms with E-state index in [9.17, 15) is 0 Å². The topological polar surface area (TPSA) is 12.5 Å². The second-order valence-corrected chi connectivity index (χ2v) is 3.43. The number of morpholine rings is 1. The first-order valence-electron chi connectivity index (χ1n) is 6.75. The van der Waals surface area contributed by atoms with Crippen LogP contribution in [0.5, 0.6) is 0 Å². The van der Waals surface area contributed by atoms with Gasteiger partial charge in [-0.1, -0.05) is 45.4 Å². The van der Waals surface area contributed by atoms with E-state index in [1.165, 1.54) is 11.3 Å². The van der Waals surface area contributed by atoms with E-state index in [4.69, 9.17) is 4.74 Å². The van der Waals surface area contributed by atoms with Crippen molar-refractivity contribution in [3.8, 4) is 0 Å². The molecular formula is C15H27NO. The van der Waals surface area contributed by atoms with Crippen LogP contribution in [0.25, 0.3) is 0 Å². The van der Waals surface area contributed by atoms with Crippen molar-refractivity contribution in [1.29, 1.82) is 0 Å². The first-order chi connectivity index (χ1) is 8.36. The number of ether oxygens (including phenoxy) is 1. The molecule has 98 valence electrons. The maximum absolute atomic E-state index is 5.30. The SMILES string of the molecule is CC.CC.Cc1ccc(N2CCOCC2)cc1. The Morgan fingerprint density at radius 3 is 1.82 bits per heavy atom. The van der Waals surface area contributed by atoms with Crippen LogP contribution < -0.4 is 4.90 Å². The summed E-state index contributed by atoms with van der Waals surface area (Å²) >= 11 is 0. The van der Waals surface area contributed by atoms with Crippen LogP contribution in [0.15, 0.2) is 24.3 Å². The minimum atomic E-state index is 0.855. The van der Waals surface area contributed by atoms with Gasteiger partial charge in [0.1, 0.15) is 0 Å². The quantitative estimate of drug-likeness (QED) is 0.735. The largest absolute Gasteiger partial charge is 0.378 e. The highest BCUT2D eigenvalue weighted by molar-refractivity contribution is 5.47. The smallest absolute Gasteiger partial charge is 0.0642 e. The summed E-state index contributed by atoms with van der Waals surface area (Å²) in [5.74, 6) is 0. The fourth-order valence-corrected chi connectivity index (χ4v) is 1.58. The fourth-order valence-electron chi connectivity index (χ4n) is 1.58. The maximum Gasteiger partial charge on any atom is 0.0642 e. The second-order valence-electron chi connectivity index (χ2n) is 3.43. The lowest BCUT2D eigenvalue weighted by Gasteiger charge is -2.28. The van der Waals surface area contributed by atoms with E-state index in [1.54, 1.807) is 0 Å². The number of benzene rings is 1. The minimum absolute atomic E-state index is 0.855. The molecule has 2 nitrogen and oxygen atoms in total. The minimum Gasteiger partial charge on any atom is -0.378 e. The van der Waals surface area contributed by atoms with Gasteiger partial charge in [-0.25, -0.2) is 0 Å². The predicted molar refractivity (Wildman–Crippen MR) is 76.9 cm³/mol. The van der Waals surface area contributed by atoms with Gasteiger partial charge < -0.3 is 9.64 Å². The van der Waals surface area contributed by atoms with E-state index in [0.29, 0.717) is 0 Å². The normalized spacial score (nSPS) is 14.1. The standard InChI is InChI=1S/C11H15NO.2C2H6/c1-10-2-4-11(5-3-10)12-6-8-13-9-7-12;2*1-2/h2-5H,6-9H2,1H3;2*1-2H3. The van der Waals surface area contributed by atoms with Gasteiger partial charge in [-0.05, 0) is 19.1 Å². The zero-order chi connectivity index (χ0) is 13.1. The third kappa shape index (κ3) is 5.73. The summed E-state index contributed by atoms with van der Waals surface area (Å²) in [6.45, 7) is 13.9. The van der Waals surface area contributed by atoms with E-state index < -0.39 is 0 Å². The molecule has 0 amide bonds. The zero-order valence-corrected chi connectivity index (χ0v) is 12.0. The molecule has 0 aromatic heterocycles. The molecule has 0 saturated carbocycles. The first kappa shape index (κ1) is 16.0. The van der Waals surface area contributed by atoms with Crippen LogP contribution in [-0.2, 0) is 4.74 Å². The van der Waals surface area contributed by atoms with Crippen LogP contribution in [0, 0.1) is 6.92 Å². The lowest BCUT2D eigenvalue weighted by molar-refractivity contribution is 0.122. The van der Waals surface area contributed by atoms with E-state index >= 15 is 0 Å². The number of aryl methyl sites for hydroxylation is 1. The maximum atomic E-state index is 5.30. The van der Waals surface area contributed by atoms with Crippen molar-refractivity contribution in [2.75, 3.05) is 31.2 Å². The molecule has 0 atom stereocenters. The molecule has 2 rings (SSSR count). The molecule has 0 bridgehead atoms. The first-order valence-corrected chi connectivity index (χ1v) is 6.75. The van der Waals surface area contributed by atoms with Gasteiger partial charge in [0.25, 0.3) is 0 Å². The summed E-state index contributed by atoms with van der Waals surface area (Å²) in [4.78, 5) is 2.36. The molecule has 2 heteroatoms. The molecule has 0 unspecified atom stereocenters. The molecule has 0 spiro atoms. The number of nitrogens with zero attached hydrogens (tertiary/aromatic N) is 1. The van der Waals surface area contributed by atoms with E-state index in [1.807, 2.05) is 27.7 Å². The van der Waals surface area contributed by atoms with Gasteiger partial charge in [0.2, 0.25) is 0 Å². The third-order valence-corrected chi connectivity index (χ3v) is 2.41. The van der Waals surface area contributed by atoms with Crippen LogP contribution in [-0.4, -0.2) is 26.3 Å². The zero-order valence-electron chi connectivity index (χ0n) is 12.0. The van der Waals surface area contributed by atoms with Gasteiger partial charge >= 0.3 is 0 Å². The molecule has 1 fully saturated rings. The number of hydrogen-bond donors (Lipinski definition) is 0. The summed E-state index contributed by atoms with van der Waals surface area (Å²) in [5.41, 5.74) is 2.63. The third-order valence-electron chi connectivity index (χ3n) is 2.41. The Morgan fingerprint density at radius 2 is 1.35 bits per heavy atom. The summed E-state index contributed by atoms with van der Waals surface area (Å²) in [6, 6.07) is 8.68. The lowest BCUT2D eigenvalue weighted by atomic mass is 10.2. The molecule has 0 N–H and O–H groups in total. The van der Waals surface area contributed by atoms with Gasteiger partial charge in [-0.3, -0.25) is 0 Å². The highest BCUT2D eigenvalue weighted by Crippen LogP contribution is 2.15. The molecular weight excluding hydrogens is 210 g/mol. The molecule has 1 saturated heterocycles. The van der Waals surface area contributed by atoms with Crippen molar-refractivity contribution < 1.29 is 4.74 Å². The van der Waals surface area contributed by atoms with Crippen LogP contribution in [0.4, 0.5) is 5.69 Å². The Morgan fingerprint density at radius 1 is 0.882 bits per heavy atom. The van der Waals surface area contributed by atoms with Gasteiger partial charge in [0.15, 0.2) is 0 Å². The summed E-state index contributed by atoms with van der Waals surface area (Å²) < 4.78 is 5.30. The van der Waals surface area contributed by atoms with Gasteiger partial charge in [0, 0.05) is 18.8 Å². The Bertz CT molecular complexity index is 263. The number of anilines is 1. The van der Waals surface area contributed by atoms with Crippen molar-refractivity contribution in [2.45, 2.75) is 34.6 Å². The van der Waals surface area contributed by atoms with Crippen molar-refractivity contribution in [3.05, 3.63) is 29.8 Å². The van der Waals surface area contributed by atoms with Crippen LogP contribution in [0.3, 0.4) is 0 Å². The molecule has 1 aromatic rings. The molecule has 1 heterocycles. The fraction of sp³-hybridized carbons (Fsp3) is 0.600. The molecule has 17 heavy (non-hydrogen) atoms. The summed E-state index contributed by atoms with van der Waals surface area (Å²) in [5, 5.41) is 0. The average molecular weight is 237 g/mol. The monoisotopic (exact) mass is 237 g/mol. The van der Waals surface area contributed by atoms with Gasteiger partial charge in [-0.15, -0.1) is 0 Å².